The van der Waals surface area contributed by atoms with Crippen molar-refractivity contribution >= 4 is 6.29 Å². The van der Waals surface area contributed by atoms with E-state index in [0.29, 0.717) is 11.8 Å². The third-order valence-electron chi connectivity index (χ3n) is 7.48. The summed E-state index contributed by atoms with van der Waals surface area (Å²) >= 11 is 0. The van der Waals surface area contributed by atoms with Crippen LogP contribution < -0.4 is 0 Å². The van der Waals surface area contributed by atoms with Crippen LogP contribution in [-0.4, -0.2) is 90.6 Å². The van der Waals surface area contributed by atoms with Gasteiger partial charge in [0.25, 0.3) is 6.48 Å². The average Bonchev–Trinajstić information content (AvgIpc) is 3.02. The Morgan fingerprint density at radius 1 is 0.643 bits per heavy atom. The molecule has 0 fully saturated rings. The van der Waals surface area contributed by atoms with E-state index >= 15 is 0 Å². The SMILES string of the molecule is CC[C@H](C)[C@@H](C(OC)OC)N(C)Cc1ccccc1.CC[C@H](C)[C@@H](C=O)N(C)Cc1ccccc1.COC(OC)OC. The molecule has 0 aliphatic rings. The van der Waals surface area contributed by atoms with Gasteiger partial charge in [-0.05, 0) is 37.1 Å². The number of carbonyl (C=O) groups excluding carboxylic acids is 1. The van der Waals surface area contributed by atoms with Crippen LogP contribution in [-0.2, 0) is 41.6 Å². The van der Waals surface area contributed by atoms with Crippen molar-refractivity contribution in [3.63, 3.8) is 0 Å². The molecule has 0 aromatic heterocycles. The van der Waals surface area contributed by atoms with Crippen LogP contribution in [0.4, 0.5) is 0 Å². The molecule has 8 nitrogen and oxygen atoms in total. The Morgan fingerprint density at radius 2 is 1.05 bits per heavy atom. The summed E-state index contributed by atoms with van der Waals surface area (Å²) in [6, 6.07) is 21.0. The minimum absolute atomic E-state index is 0.0187. The van der Waals surface area contributed by atoms with Crippen LogP contribution in [0.25, 0.3) is 0 Å². The first-order valence-corrected chi connectivity index (χ1v) is 14.7. The van der Waals surface area contributed by atoms with E-state index in [2.05, 4.69) is 95.2 Å². The third kappa shape index (κ3) is 15.3. The van der Waals surface area contributed by atoms with Gasteiger partial charge in [-0.15, -0.1) is 0 Å². The lowest BCUT2D eigenvalue weighted by Gasteiger charge is -2.36. The molecule has 2 rings (SSSR count). The molecule has 0 bridgehead atoms. The Balaban J connectivity index is 0.000000661. The minimum atomic E-state index is -0.514. The summed E-state index contributed by atoms with van der Waals surface area (Å²) in [5.41, 5.74) is 2.56. The largest absolute Gasteiger partial charge is 0.354 e. The minimum Gasteiger partial charge on any atom is -0.354 e. The van der Waals surface area contributed by atoms with Gasteiger partial charge in [0, 0.05) is 48.6 Å². The van der Waals surface area contributed by atoms with Crippen molar-refractivity contribution in [2.45, 2.75) is 78.5 Å². The molecule has 42 heavy (non-hydrogen) atoms. The van der Waals surface area contributed by atoms with Crippen LogP contribution in [0.5, 0.6) is 0 Å². The molecule has 0 radical (unpaired) electrons. The number of carbonyl (C=O) groups is 1. The summed E-state index contributed by atoms with van der Waals surface area (Å²) in [5, 5.41) is 0. The zero-order valence-corrected chi connectivity index (χ0v) is 28.0. The highest BCUT2D eigenvalue weighted by molar-refractivity contribution is 5.58. The lowest BCUT2D eigenvalue weighted by molar-refractivity contribution is -0.252. The number of hydrogen-bond donors (Lipinski definition) is 0. The summed E-state index contributed by atoms with van der Waals surface area (Å²) in [6.45, 7) is 9.92. The first-order chi connectivity index (χ1) is 20.2. The van der Waals surface area contributed by atoms with Crippen molar-refractivity contribution in [1.29, 1.82) is 0 Å². The maximum atomic E-state index is 11.1. The maximum absolute atomic E-state index is 11.1. The summed E-state index contributed by atoms with van der Waals surface area (Å²) in [7, 11) is 12.1. The molecule has 0 spiro atoms. The van der Waals surface area contributed by atoms with Gasteiger partial charge in [-0.2, -0.15) is 0 Å². The molecule has 2 aromatic rings. The topological polar surface area (TPSA) is 69.7 Å². The maximum Gasteiger partial charge on any atom is 0.270 e. The smallest absolute Gasteiger partial charge is 0.270 e. The van der Waals surface area contributed by atoms with Crippen molar-refractivity contribution in [2.24, 2.45) is 11.8 Å². The normalized spacial score (nSPS) is 14.1. The number of methoxy groups -OCH3 is 5. The van der Waals surface area contributed by atoms with E-state index in [1.807, 2.05) is 31.3 Å². The van der Waals surface area contributed by atoms with Crippen LogP contribution in [0.2, 0.25) is 0 Å². The highest BCUT2D eigenvalue weighted by Gasteiger charge is 2.29. The first-order valence-electron chi connectivity index (χ1n) is 14.7. The predicted molar refractivity (Wildman–Crippen MR) is 171 cm³/mol. The number of ether oxygens (including phenoxy) is 5. The number of likely N-dealkylation sites (N-methyl/N-ethyl adjacent to an activating group) is 2. The van der Waals surface area contributed by atoms with Gasteiger partial charge in [0.1, 0.15) is 6.29 Å². The molecule has 4 atom stereocenters. The molecule has 0 saturated carbocycles. The van der Waals surface area contributed by atoms with E-state index < -0.39 is 6.48 Å². The number of aldehydes is 1. The van der Waals surface area contributed by atoms with E-state index in [9.17, 15) is 4.79 Å². The Morgan fingerprint density at radius 3 is 1.36 bits per heavy atom. The van der Waals surface area contributed by atoms with Crippen molar-refractivity contribution in [1.82, 2.24) is 9.80 Å². The summed E-state index contributed by atoms with van der Waals surface area (Å²) < 4.78 is 24.8. The lowest BCUT2D eigenvalue weighted by Crippen LogP contribution is -2.47. The van der Waals surface area contributed by atoms with Crippen molar-refractivity contribution in [3.05, 3.63) is 71.8 Å². The number of benzene rings is 2. The fourth-order valence-electron chi connectivity index (χ4n) is 4.68. The first kappa shape index (κ1) is 39.8. The van der Waals surface area contributed by atoms with Crippen LogP contribution in [0.15, 0.2) is 60.7 Å². The molecule has 240 valence electrons. The van der Waals surface area contributed by atoms with Gasteiger partial charge >= 0.3 is 0 Å². The summed E-state index contributed by atoms with van der Waals surface area (Å²) in [5.74, 6) is 0.921. The molecule has 0 heterocycles. The van der Waals surface area contributed by atoms with Gasteiger partial charge in [-0.25, -0.2) is 0 Å². The van der Waals surface area contributed by atoms with Gasteiger partial charge in [0.2, 0.25) is 0 Å². The average molecular weight is 591 g/mol. The lowest BCUT2D eigenvalue weighted by atomic mass is 9.96. The Labute approximate surface area is 256 Å². The summed E-state index contributed by atoms with van der Waals surface area (Å²) in [4.78, 5) is 15.5. The molecule has 0 N–H and O–H groups in total. The van der Waals surface area contributed by atoms with Gasteiger partial charge in [0.05, 0.1) is 12.1 Å². The summed E-state index contributed by atoms with van der Waals surface area (Å²) in [6.07, 6.45) is 3.01. The molecule has 0 unspecified atom stereocenters. The molecular weight excluding hydrogens is 532 g/mol. The van der Waals surface area contributed by atoms with E-state index in [-0.39, 0.29) is 18.4 Å². The molecule has 0 aliphatic heterocycles. The van der Waals surface area contributed by atoms with Crippen LogP contribution >= 0.6 is 0 Å². The Hall–Kier alpha value is -2.17. The van der Waals surface area contributed by atoms with Gasteiger partial charge in [0.15, 0.2) is 6.29 Å². The van der Waals surface area contributed by atoms with Gasteiger partial charge in [-0.1, -0.05) is 101 Å². The van der Waals surface area contributed by atoms with Crippen LogP contribution in [0.3, 0.4) is 0 Å². The van der Waals surface area contributed by atoms with E-state index in [4.69, 9.17) is 9.47 Å². The molecule has 2 aromatic carbocycles. The predicted octanol–water partition coefficient (Wildman–Crippen LogP) is 6.09. The van der Waals surface area contributed by atoms with Crippen molar-refractivity contribution < 1.29 is 28.5 Å². The molecule has 0 amide bonds. The zero-order valence-electron chi connectivity index (χ0n) is 28.0. The monoisotopic (exact) mass is 590 g/mol. The van der Waals surface area contributed by atoms with E-state index in [1.54, 1.807) is 14.2 Å². The second-order valence-electron chi connectivity index (χ2n) is 10.5. The van der Waals surface area contributed by atoms with Gasteiger partial charge < -0.3 is 28.5 Å². The second kappa shape index (κ2) is 24.3. The third-order valence-corrected chi connectivity index (χ3v) is 7.48. The standard InChI is InChI=1S/C16H27NO2.C14H21NO.C4H10O3/c1-6-13(2)15(16(18-4)19-5)17(3)12-14-10-8-7-9-11-14;1-4-12(2)14(11-16)15(3)10-13-8-6-5-7-9-13;1-5-4(6-2)7-3/h7-11,13,15-16H,6,12H2,1-5H3;5-9,11-12,14H,4,10H2,1-3H3;4H,1-3H3/t13-,15-;12-,14+;/m00./s1. The van der Waals surface area contributed by atoms with Crippen molar-refractivity contribution in [2.75, 3.05) is 49.6 Å². The quantitative estimate of drug-likeness (QED) is 0.162. The zero-order chi connectivity index (χ0) is 31.9. The molecule has 0 saturated heterocycles. The highest BCUT2D eigenvalue weighted by atomic mass is 16.8. The molecule has 0 aliphatic carbocycles. The molecule has 8 heteroatoms. The Kier molecular flexibility index (Phi) is 23.0. The number of nitrogens with zero attached hydrogens (tertiary/aromatic N) is 2. The number of hydrogen-bond acceptors (Lipinski definition) is 8. The van der Waals surface area contributed by atoms with Crippen LogP contribution in [0, 0.1) is 11.8 Å². The van der Waals surface area contributed by atoms with Crippen molar-refractivity contribution in [3.8, 4) is 0 Å². The fraction of sp³-hybridized carbons (Fsp3) is 0.618. The highest BCUT2D eigenvalue weighted by Crippen LogP contribution is 2.21. The van der Waals surface area contributed by atoms with Crippen LogP contribution in [0.1, 0.15) is 51.7 Å². The molecular formula is C34H58N2O6. The Bertz CT molecular complexity index is 875. The number of rotatable bonds is 17. The van der Waals surface area contributed by atoms with E-state index in [0.717, 1.165) is 32.2 Å². The second-order valence-corrected chi connectivity index (χ2v) is 10.5. The van der Waals surface area contributed by atoms with E-state index in [1.165, 1.54) is 32.5 Å². The fourth-order valence-corrected chi connectivity index (χ4v) is 4.68. The van der Waals surface area contributed by atoms with Gasteiger partial charge in [-0.3, -0.25) is 9.80 Å².